The van der Waals surface area contributed by atoms with Crippen LogP contribution in [0.4, 0.5) is 8.78 Å². The van der Waals surface area contributed by atoms with E-state index in [0.717, 1.165) is 48.5 Å². The van der Waals surface area contributed by atoms with Crippen LogP contribution in [0.1, 0.15) is 102 Å². The molecule has 0 radical (unpaired) electrons. The van der Waals surface area contributed by atoms with Crippen molar-refractivity contribution in [2.24, 2.45) is 23.7 Å². The van der Waals surface area contributed by atoms with Gasteiger partial charge >= 0.3 is 0 Å². The van der Waals surface area contributed by atoms with Crippen molar-refractivity contribution in [1.29, 1.82) is 0 Å². The van der Waals surface area contributed by atoms with Crippen molar-refractivity contribution in [2.75, 3.05) is 0 Å². The molecule has 0 aliphatic heterocycles. The molecule has 2 aliphatic rings. The summed E-state index contributed by atoms with van der Waals surface area (Å²) in [5, 5.41) is 0. The standard InChI is InChI=1S/C36H48F2/c1-3-5-6-10-27-13-19-30(20-14-27)31-21-15-28(16-22-31)11-7-8-12-29-17-23-32(24-18-29)34-26-25-33(9-4-2)35(37)36(34)38/h7,11,13,17-19,23-28,30-31H,3-6,8-10,12,14-16,20-22H2,1-2H3/b11-7+. The van der Waals surface area contributed by atoms with Crippen LogP contribution in [0.15, 0.2) is 60.7 Å². The van der Waals surface area contributed by atoms with Gasteiger partial charge in [0.25, 0.3) is 0 Å². The van der Waals surface area contributed by atoms with Crippen LogP contribution < -0.4 is 0 Å². The Kier molecular flexibility index (Phi) is 11.2. The first-order chi connectivity index (χ1) is 18.6. The molecule has 0 amide bonds. The third kappa shape index (κ3) is 7.90. The second-order valence-corrected chi connectivity index (χ2v) is 11.9. The monoisotopic (exact) mass is 518 g/mol. The smallest absolute Gasteiger partial charge is 0.166 e. The molecule has 2 atom stereocenters. The van der Waals surface area contributed by atoms with Crippen LogP contribution in [0.2, 0.25) is 0 Å². The topological polar surface area (TPSA) is 0 Å². The zero-order valence-electron chi connectivity index (χ0n) is 23.7. The number of aryl methyl sites for hydroxylation is 2. The Labute approximate surface area is 230 Å². The van der Waals surface area contributed by atoms with E-state index in [4.69, 9.17) is 0 Å². The molecule has 4 rings (SSSR count). The summed E-state index contributed by atoms with van der Waals surface area (Å²) in [7, 11) is 0. The van der Waals surface area contributed by atoms with E-state index in [1.807, 2.05) is 19.1 Å². The maximum absolute atomic E-state index is 14.6. The molecule has 2 unspecified atom stereocenters. The fourth-order valence-electron chi connectivity index (χ4n) is 6.62. The normalized spacial score (nSPS) is 23.8. The molecule has 0 saturated heterocycles. The third-order valence-corrected chi connectivity index (χ3v) is 9.06. The fraction of sp³-hybridized carbons (Fsp3) is 0.556. The number of hydrogen-bond acceptors (Lipinski definition) is 0. The van der Waals surface area contributed by atoms with Crippen LogP contribution in [-0.4, -0.2) is 0 Å². The Morgan fingerprint density at radius 3 is 2.24 bits per heavy atom. The van der Waals surface area contributed by atoms with Gasteiger partial charge in [0.15, 0.2) is 11.6 Å². The van der Waals surface area contributed by atoms with Crippen LogP contribution in [-0.2, 0) is 12.8 Å². The van der Waals surface area contributed by atoms with Gasteiger partial charge < -0.3 is 0 Å². The van der Waals surface area contributed by atoms with E-state index < -0.39 is 11.6 Å². The van der Waals surface area contributed by atoms with Crippen molar-refractivity contribution in [3.05, 3.63) is 83.5 Å². The van der Waals surface area contributed by atoms with Crippen LogP contribution in [0, 0.1) is 35.3 Å². The van der Waals surface area contributed by atoms with Gasteiger partial charge in [-0.1, -0.05) is 100 Å². The lowest BCUT2D eigenvalue weighted by molar-refractivity contribution is 0.230. The number of rotatable bonds is 12. The molecule has 2 aromatic carbocycles. The highest BCUT2D eigenvalue weighted by molar-refractivity contribution is 5.65. The predicted octanol–water partition coefficient (Wildman–Crippen LogP) is 11.0. The highest BCUT2D eigenvalue weighted by atomic mass is 19.2. The number of benzene rings is 2. The molecule has 2 aromatic rings. The van der Waals surface area contributed by atoms with Crippen molar-refractivity contribution in [2.45, 2.75) is 104 Å². The summed E-state index contributed by atoms with van der Waals surface area (Å²) in [5.74, 6) is 1.87. The lowest BCUT2D eigenvalue weighted by Crippen LogP contribution is -2.22. The molecular weight excluding hydrogens is 470 g/mol. The lowest BCUT2D eigenvalue weighted by atomic mass is 9.71. The average molecular weight is 519 g/mol. The Balaban J connectivity index is 1.18. The lowest BCUT2D eigenvalue weighted by Gasteiger charge is -2.34. The summed E-state index contributed by atoms with van der Waals surface area (Å²) < 4.78 is 29.0. The summed E-state index contributed by atoms with van der Waals surface area (Å²) >= 11 is 0. The molecule has 1 saturated carbocycles. The molecule has 0 spiro atoms. The van der Waals surface area contributed by atoms with E-state index in [0.29, 0.717) is 17.5 Å². The zero-order valence-corrected chi connectivity index (χ0v) is 23.7. The minimum atomic E-state index is -0.729. The Morgan fingerprint density at radius 1 is 0.763 bits per heavy atom. The Bertz CT molecular complexity index is 1040. The van der Waals surface area contributed by atoms with E-state index in [9.17, 15) is 8.78 Å². The highest BCUT2D eigenvalue weighted by Crippen LogP contribution is 2.39. The van der Waals surface area contributed by atoms with Gasteiger partial charge in [0.05, 0.1) is 0 Å². The van der Waals surface area contributed by atoms with Gasteiger partial charge in [-0.25, -0.2) is 8.78 Å². The summed E-state index contributed by atoms with van der Waals surface area (Å²) in [4.78, 5) is 0. The van der Waals surface area contributed by atoms with Crippen molar-refractivity contribution in [1.82, 2.24) is 0 Å². The van der Waals surface area contributed by atoms with Gasteiger partial charge in [-0.15, -0.1) is 0 Å². The molecule has 0 heterocycles. The number of allylic oxidation sites excluding steroid dienone is 4. The van der Waals surface area contributed by atoms with Gasteiger partial charge in [-0.3, -0.25) is 0 Å². The molecule has 1 fully saturated rings. The zero-order chi connectivity index (χ0) is 26.7. The van der Waals surface area contributed by atoms with E-state index in [1.54, 1.807) is 12.1 Å². The maximum Gasteiger partial charge on any atom is 0.166 e. The van der Waals surface area contributed by atoms with Crippen molar-refractivity contribution < 1.29 is 8.78 Å². The second kappa shape index (κ2) is 14.8. The molecular formula is C36H48F2. The van der Waals surface area contributed by atoms with Gasteiger partial charge in [-0.2, -0.15) is 0 Å². The molecule has 0 nitrogen and oxygen atoms in total. The average Bonchev–Trinajstić information content (AvgIpc) is 2.95. The van der Waals surface area contributed by atoms with Gasteiger partial charge in [0.1, 0.15) is 0 Å². The van der Waals surface area contributed by atoms with Crippen LogP contribution in [0.3, 0.4) is 0 Å². The number of unbranched alkanes of at least 4 members (excludes halogenated alkanes) is 2. The van der Waals surface area contributed by atoms with E-state index in [-0.39, 0.29) is 0 Å². The van der Waals surface area contributed by atoms with Crippen molar-refractivity contribution >= 4 is 0 Å². The quantitative estimate of drug-likeness (QED) is 0.194. The van der Waals surface area contributed by atoms with Gasteiger partial charge in [-0.05, 0) is 105 Å². The summed E-state index contributed by atoms with van der Waals surface area (Å²) in [5.41, 5.74) is 2.78. The highest BCUT2D eigenvalue weighted by Gasteiger charge is 2.27. The molecule has 0 aromatic heterocycles. The number of hydrogen-bond donors (Lipinski definition) is 0. The first-order valence-electron chi connectivity index (χ1n) is 15.5. The summed E-state index contributed by atoms with van der Waals surface area (Å²) in [6.07, 6.45) is 27.1. The Hall–Kier alpha value is -2.22. The maximum atomic E-state index is 14.6. The number of halogens is 2. The summed E-state index contributed by atoms with van der Waals surface area (Å²) in [6.45, 7) is 4.27. The molecule has 38 heavy (non-hydrogen) atoms. The van der Waals surface area contributed by atoms with Crippen molar-refractivity contribution in [3.63, 3.8) is 0 Å². The minimum absolute atomic E-state index is 0.347. The van der Waals surface area contributed by atoms with Crippen LogP contribution >= 0.6 is 0 Å². The van der Waals surface area contributed by atoms with Crippen LogP contribution in [0.25, 0.3) is 11.1 Å². The predicted molar refractivity (Wildman–Crippen MR) is 158 cm³/mol. The fourth-order valence-corrected chi connectivity index (χ4v) is 6.62. The SMILES string of the molecule is CCCCCC1C=CC(C2CCC(/C=C/CCc3ccc(-c4ccc(CCC)c(F)c4F)cc3)CC2)CC1. The molecule has 0 N–H and O–H groups in total. The summed E-state index contributed by atoms with van der Waals surface area (Å²) in [6, 6.07) is 11.4. The molecule has 206 valence electrons. The minimum Gasteiger partial charge on any atom is -0.203 e. The van der Waals surface area contributed by atoms with E-state index in [1.165, 1.54) is 69.8 Å². The van der Waals surface area contributed by atoms with Crippen LogP contribution in [0.5, 0.6) is 0 Å². The Morgan fingerprint density at radius 2 is 1.55 bits per heavy atom. The first-order valence-corrected chi connectivity index (χ1v) is 15.5. The molecule has 2 aliphatic carbocycles. The molecule has 0 bridgehead atoms. The largest absolute Gasteiger partial charge is 0.203 e. The van der Waals surface area contributed by atoms with E-state index >= 15 is 0 Å². The first kappa shape index (κ1) is 28.8. The molecule has 2 heteroatoms. The van der Waals surface area contributed by atoms with Crippen molar-refractivity contribution in [3.8, 4) is 11.1 Å². The van der Waals surface area contributed by atoms with E-state index in [2.05, 4.69) is 43.4 Å². The van der Waals surface area contributed by atoms with Gasteiger partial charge in [0, 0.05) is 5.56 Å². The second-order valence-electron chi connectivity index (χ2n) is 11.9. The van der Waals surface area contributed by atoms with Gasteiger partial charge in [0.2, 0.25) is 0 Å². The third-order valence-electron chi connectivity index (χ3n) is 9.06.